The first-order valence-corrected chi connectivity index (χ1v) is 11.5. The number of likely N-dealkylation sites (tertiary alicyclic amines) is 1. The molecule has 164 valence electrons. The Kier molecular flexibility index (Phi) is 4.59. The van der Waals surface area contributed by atoms with Crippen LogP contribution >= 0.6 is 0 Å². The van der Waals surface area contributed by atoms with E-state index < -0.39 is 11.3 Å². The number of hydrogen-bond donors (Lipinski definition) is 0. The molecule has 1 atom stereocenters. The van der Waals surface area contributed by atoms with Crippen molar-refractivity contribution in [2.24, 2.45) is 5.92 Å². The highest BCUT2D eigenvalue weighted by molar-refractivity contribution is 6.22. The maximum atomic E-state index is 14.0. The Labute approximate surface area is 199 Å². The fraction of sp³-hybridized carbons (Fsp3) is 0.0968. The van der Waals surface area contributed by atoms with Crippen LogP contribution < -0.4 is 0 Å². The van der Waals surface area contributed by atoms with E-state index in [2.05, 4.69) is 36.4 Å². The lowest BCUT2D eigenvalue weighted by Gasteiger charge is -2.44. The summed E-state index contributed by atoms with van der Waals surface area (Å²) in [6.07, 6.45) is 0. The van der Waals surface area contributed by atoms with Gasteiger partial charge in [0.15, 0.2) is 0 Å². The maximum Gasteiger partial charge on any atom is 0.257 e. The quantitative estimate of drug-likeness (QED) is 0.397. The highest BCUT2D eigenvalue weighted by atomic mass is 16.2. The zero-order chi connectivity index (χ0) is 23.3. The molecule has 0 saturated carbocycles. The van der Waals surface area contributed by atoms with Crippen LogP contribution in [0.4, 0.5) is 0 Å². The van der Waals surface area contributed by atoms with Crippen LogP contribution in [0.25, 0.3) is 5.57 Å². The van der Waals surface area contributed by atoms with Crippen LogP contribution in [-0.2, 0) is 15.0 Å². The molecule has 1 aliphatic carbocycles. The molecule has 3 heteroatoms. The van der Waals surface area contributed by atoms with E-state index in [1.807, 2.05) is 78.9 Å². The summed E-state index contributed by atoms with van der Waals surface area (Å²) >= 11 is 0. The van der Waals surface area contributed by atoms with E-state index in [1.165, 1.54) is 4.90 Å². The van der Waals surface area contributed by atoms with Gasteiger partial charge in [-0.05, 0) is 33.4 Å². The second-order valence-corrected chi connectivity index (χ2v) is 8.88. The molecule has 2 aliphatic rings. The zero-order valence-electron chi connectivity index (χ0n) is 18.8. The van der Waals surface area contributed by atoms with Crippen LogP contribution in [0, 0.1) is 5.92 Å². The minimum atomic E-state index is -0.829. The van der Waals surface area contributed by atoms with Crippen LogP contribution in [0.1, 0.15) is 27.8 Å². The highest BCUT2D eigenvalue weighted by Crippen LogP contribution is 2.57. The average Bonchev–Trinajstić information content (AvgIpc) is 3.13. The highest BCUT2D eigenvalue weighted by Gasteiger charge is 2.59. The Hall–Kier alpha value is -4.24. The van der Waals surface area contributed by atoms with Crippen molar-refractivity contribution in [1.82, 2.24) is 4.90 Å². The van der Waals surface area contributed by atoms with Crippen molar-refractivity contribution in [3.05, 3.63) is 149 Å². The van der Waals surface area contributed by atoms with Crippen molar-refractivity contribution in [2.75, 3.05) is 7.05 Å². The van der Waals surface area contributed by atoms with E-state index in [0.717, 1.165) is 33.4 Å². The maximum absolute atomic E-state index is 14.0. The van der Waals surface area contributed by atoms with E-state index in [4.69, 9.17) is 0 Å². The van der Waals surface area contributed by atoms with Crippen LogP contribution in [0.15, 0.2) is 121 Å². The summed E-state index contributed by atoms with van der Waals surface area (Å²) in [7, 11) is 1.60. The summed E-state index contributed by atoms with van der Waals surface area (Å²) in [6.45, 7) is 0. The van der Waals surface area contributed by atoms with Crippen molar-refractivity contribution < 1.29 is 9.59 Å². The summed E-state index contributed by atoms with van der Waals surface area (Å²) in [5.41, 5.74) is 5.57. The predicted molar refractivity (Wildman–Crippen MR) is 133 cm³/mol. The molecule has 2 amide bonds. The summed E-state index contributed by atoms with van der Waals surface area (Å²) in [5, 5.41) is 0. The molecule has 1 fully saturated rings. The first kappa shape index (κ1) is 20.4. The van der Waals surface area contributed by atoms with Crippen LogP contribution in [0.2, 0.25) is 0 Å². The lowest BCUT2D eigenvalue weighted by atomic mass is 9.55. The van der Waals surface area contributed by atoms with Gasteiger partial charge in [0.05, 0.1) is 11.3 Å². The molecule has 0 bridgehead atoms. The van der Waals surface area contributed by atoms with Crippen molar-refractivity contribution in [3.8, 4) is 0 Å². The summed E-state index contributed by atoms with van der Waals surface area (Å²) in [6, 6.07) is 38.5. The van der Waals surface area contributed by atoms with Crippen molar-refractivity contribution in [1.29, 1.82) is 0 Å². The number of carbonyl (C=O) groups is 2. The van der Waals surface area contributed by atoms with Gasteiger partial charge in [-0.1, -0.05) is 115 Å². The SMILES string of the molecule is CN1C(=O)C2=C(c3ccccc3)c3ccccc3C(c3ccccc3)(c3ccccc3)[C@@H]2C1=O. The minimum absolute atomic E-state index is 0.171. The molecule has 4 aromatic carbocycles. The standard InChI is InChI=1S/C31H23NO2/c1-32-29(33)27-26(21-13-5-2-6-14-21)24-19-11-12-20-25(24)31(28(27)30(32)34,22-15-7-3-8-16-22)23-17-9-4-10-18-23/h2-20,28H,1H3/t28-/m0/s1. The van der Waals surface area contributed by atoms with Crippen molar-refractivity contribution in [2.45, 2.75) is 5.41 Å². The molecule has 1 aliphatic heterocycles. The largest absolute Gasteiger partial charge is 0.281 e. The molecule has 1 saturated heterocycles. The number of amides is 2. The molecule has 3 nitrogen and oxygen atoms in total. The smallest absolute Gasteiger partial charge is 0.257 e. The second-order valence-electron chi connectivity index (χ2n) is 8.88. The molecule has 1 heterocycles. The van der Waals surface area contributed by atoms with Gasteiger partial charge < -0.3 is 0 Å². The first-order valence-electron chi connectivity index (χ1n) is 11.5. The number of imide groups is 1. The lowest BCUT2D eigenvalue weighted by Crippen LogP contribution is -2.45. The molecular formula is C31H23NO2. The van der Waals surface area contributed by atoms with E-state index in [1.54, 1.807) is 7.05 Å². The second kappa shape index (κ2) is 7.67. The predicted octanol–water partition coefficient (Wildman–Crippen LogP) is 5.45. The Morgan fingerprint density at radius 2 is 1.15 bits per heavy atom. The fourth-order valence-electron chi connectivity index (χ4n) is 5.85. The fourth-order valence-corrected chi connectivity index (χ4v) is 5.85. The Morgan fingerprint density at radius 1 is 0.647 bits per heavy atom. The molecule has 0 aromatic heterocycles. The van der Waals surface area contributed by atoms with Crippen LogP contribution in [-0.4, -0.2) is 23.8 Å². The van der Waals surface area contributed by atoms with Crippen molar-refractivity contribution >= 4 is 17.4 Å². The number of hydrogen-bond acceptors (Lipinski definition) is 2. The molecule has 0 radical (unpaired) electrons. The van der Waals surface area contributed by atoms with Crippen LogP contribution in [0.5, 0.6) is 0 Å². The molecular weight excluding hydrogens is 418 g/mol. The number of likely N-dealkylation sites (N-methyl/N-ethyl adjacent to an activating group) is 1. The Morgan fingerprint density at radius 3 is 1.74 bits per heavy atom. The number of fused-ring (bicyclic) bond motifs is 2. The third-order valence-electron chi connectivity index (χ3n) is 7.25. The average molecular weight is 442 g/mol. The van der Waals surface area contributed by atoms with Gasteiger partial charge >= 0.3 is 0 Å². The van der Waals surface area contributed by atoms with E-state index in [9.17, 15) is 9.59 Å². The van der Waals surface area contributed by atoms with Crippen molar-refractivity contribution in [3.63, 3.8) is 0 Å². The molecule has 4 aromatic rings. The van der Waals surface area contributed by atoms with E-state index in [0.29, 0.717) is 5.57 Å². The topological polar surface area (TPSA) is 37.4 Å². The molecule has 6 rings (SSSR count). The van der Waals surface area contributed by atoms with Gasteiger partial charge in [0.1, 0.15) is 0 Å². The third-order valence-corrected chi connectivity index (χ3v) is 7.25. The monoisotopic (exact) mass is 441 g/mol. The lowest BCUT2D eigenvalue weighted by molar-refractivity contribution is -0.137. The Balaban J connectivity index is 1.82. The molecule has 34 heavy (non-hydrogen) atoms. The van der Waals surface area contributed by atoms with Gasteiger partial charge in [-0.15, -0.1) is 0 Å². The number of benzene rings is 4. The van der Waals surface area contributed by atoms with Crippen LogP contribution in [0.3, 0.4) is 0 Å². The molecule has 0 spiro atoms. The number of rotatable bonds is 3. The van der Waals surface area contributed by atoms with Gasteiger partial charge in [-0.3, -0.25) is 14.5 Å². The van der Waals surface area contributed by atoms with E-state index >= 15 is 0 Å². The normalized spacial score (nSPS) is 18.6. The van der Waals surface area contributed by atoms with Gasteiger partial charge in [0, 0.05) is 12.6 Å². The minimum Gasteiger partial charge on any atom is -0.281 e. The molecule has 0 unspecified atom stereocenters. The number of nitrogens with zero attached hydrogens (tertiary/aromatic N) is 1. The summed E-state index contributed by atoms with van der Waals surface area (Å²) in [5.74, 6) is -1.06. The van der Waals surface area contributed by atoms with Gasteiger partial charge in [-0.2, -0.15) is 0 Å². The van der Waals surface area contributed by atoms with Gasteiger partial charge in [0.2, 0.25) is 5.91 Å². The van der Waals surface area contributed by atoms with E-state index in [-0.39, 0.29) is 11.8 Å². The zero-order valence-corrected chi connectivity index (χ0v) is 18.8. The third kappa shape index (κ3) is 2.64. The molecule has 0 N–H and O–H groups in total. The number of carbonyl (C=O) groups excluding carboxylic acids is 2. The Bertz CT molecular complexity index is 1400. The first-order chi connectivity index (χ1) is 16.7. The van der Waals surface area contributed by atoms with Gasteiger partial charge in [0.25, 0.3) is 5.91 Å². The summed E-state index contributed by atoms with van der Waals surface area (Å²) < 4.78 is 0. The summed E-state index contributed by atoms with van der Waals surface area (Å²) in [4.78, 5) is 29.0. The van der Waals surface area contributed by atoms with Gasteiger partial charge in [-0.25, -0.2) is 0 Å².